The van der Waals surface area contributed by atoms with Gasteiger partial charge in [0, 0.05) is 12.4 Å². The molecular formula is C12H10N4O. The first-order chi connectivity index (χ1) is 8.25. The van der Waals surface area contributed by atoms with E-state index in [4.69, 9.17) is 0 Å². The molecule has 2 heterocycles. The Balaban J connectivity index is 2.38. The van der Waals surface area contributed by atoms with Gasteiger partial charge in [-0.2, -0.15) is 5.10 Å². The molecule has 0 atom stereocenters. The number of nitrogens with one attached hydrogen (secondary N) is 1. The summed E-state index contributed by atoms with van der Waals surface area (Å²) in [6.45, 7) is 1.93. The van der Waals surface area contributed by atoms with E-state index in [0.717, 1.165) is 5.56 Å². The van der Waals surface area contributed by atoms with E-state index in [1.165, 1.54) is 4.68 Å². The normalized spacial score (nSPS) is 10.9. The molecular weight excluding hydrogens is 216 g/mol. The summed E-state index contributed by atoms with van der Waals surface area (Å²) in [5.41, 5.74) is 1.54. The number of hydrogen-bond donors (Lipinski definition) is 1. The van der Waals surface area contributed by atoms with Gasteiger partial charge in [0.2, 0.25) is 5.95 Å². The highest BCUT2D eigenvalue weighted by Crippen LogP contribution is 2.12. The van der Waals surface area contributed by atoms with E-state index in [9.17, 15) is 4.79 Å². The lowest BCUT2D eigenvalue weighted by Crippen LogP contribution is -2.14. The number of H-pyrrole nitrogens is 1. The Bertz CT molecular complexity index is 728. The maximum atomic E-state index is 11.9. The second-order valence-electron chi connectivity index (χ2n) is 3.81. The molecule has 0 spiro atoms. The van der Waals surface area contributed by atoms with Crippen LogP contribution < -0.4 is 5.56 Å². The largest absolute Gasteiger partial charge is 0.290 e. The molecule has 1 N–H and O–H groups in total. The highest BCUT2D eigenvalue weighted by atomic mass is 16.1. The highest BCUT2D eigenvalue weighted by molar-refractivity contribution is 5.81. The smallest absolute Gasteiger partial charge is 0.260 e. The molecule has 0 radical (unpaired) electrons. The van der Waals surface area contributed by atoms with E-state index in [1.54, 1.807) is 24.5 Å². The molecule has 2 aromatic heterocycles. The number of nitrogens with zero attached hydrogens (tertiary/aromatic N) is 3. The molecule has 0 saturated heterocycles. The average Bonchev–Trinajstić information content (AvgIpc) is 2.84. The van der Waals surface area contributed by atoms with E-state index >= 15 is 0 Å². The minimum absolute atomic E-state index is 0.149. The number of rotatable bonds is 1. The van der Waals surface area contributed by atoms with E-state index in [-0.39, 0.29) is 5.56 Å². The molecule has 3 aromatic rings. The third kappa shape index (κ3) is 1.52. The Morgan fingerprint density at radius 1 is 1.29 bits per heavy atom. The first-order valence-electron chi connectivity index (χ1n) is 5.25. The van der Waals surface area contributed by atoms with Crippen molar-refractivity contribution in [3.8, 4) is 5.95 Å². The third-order valence-corrected chi connectivity index (χ3v) is 2.65. The Morgan fingerprint density at radius 2 is 2.18 bits per heavy atom. The van der Waals surface area contributed by atoms with Crippen LogP contribution >= 0.6 is 0 Å². The van der Waals surface area contributed by atoms with Crippen LogP contribution in [0.1, 0.15) is 5.56 Å². The van der Waals surface area contributed by atoms with Gasteiger partial charge in [-0.25, -0.2) is 9.67 Å². The molecule has 0 bridgehead atoms. The van der Waals surface area contributed by atoms with Gasteiger partial charge in [0.15, 0.2) is 0 Å². The Morgan fingerprint density at radius 3 is 2.94 bits per heavy atom. The maximum absolute atomic E-state index is 11.9. The molecule has 0 fully saturated rings. The van der Waals surface area contributed by atoms with Crippen molar-refractivity contribution in [2.75, 3.05) is 0 Å². The van der Waals surface area contributed by atoms with Crippen molar-refractivity contribution in [2.45, 2.75) is 6.92 Å². The molecule has 0 amide bonds. The minimum Gasteiger partial charge on any atom is -0.290 e. The molecule has 0 aliphatic heterocycles. The first kappa shape index (κ1) is 9.77. The van der Waals surface area contributed by atoms with Gasteiger partial charge in [-0.3, -0.25) is 9.78 Å². The lowest BCUT2D eigenvalue weighted by molar-refractivity contribution is 0.810. The lowest BCUT2D eigenvalue weighted by Gasteiger charge is -2.04. The van der Waals surface area contributed by atoms with Crippen LogP contribution in [0.5, 0.6) is 0 Å². The van der Waals surface area contributed by atoms with Crippen molar-refractivity contribution in [3.63, 3.8) is 0 Å². The van der Waals surface area contributed by atoms with Gasteiger partial charge < -0.3 is 0 Å². The van der Waals surface area contributed by atoms with Crippen molar-refractivity contribution >= 4 is 10.9 Å². The fourth-order valence-electron chi connectivity index (χ4n) is 1.80. The number of aryl methyl sites for hydroxylation is 1. The molecule has 17 heavy (non-hydrogen) atoms. The van der Waals surface area contributed by atoms with Gasteiger partial charge in [0.1, 0.15) is 0 Å². The number of benzene rings is 1. The van der Waals surface area contributed by atoms with E-state index in [0.29, 0.717) is 16.9 Å². The van der Waals surface area contributed by atoms with Gasteiger partial charge in [-0.05, 0) is 24.6 Å². The van der Waals surface area contributed by atoms with Crippen molar-refractivity contribution < 1.29 is 0 Å². The van der Waals surface area contributed by atoms with Crippen LogP contribution in [-0.2, 0) is 0 Å². The zero-order valence-electron chi connectivity index (χ0n) is 9.21. The van der Waals surface area contributed by atoms with Crippen LogP contribution in [0.15, 0.2) is 41.5 Å². The Labute approximate surface area is 96.7 Å². The third-order valence-electron chi connectivity index (χ3n) is 2.65. The first-order valence-corrected chi connectivity index (χ1v) is 5.25. The van der Waals surface area contributed by atoms with Crippen LogP contribution in [0.25, 0.3) is 16.9 Å². The van der Waals surface area contributed by atoms with E-state index < -0.39 is 0 Å². The van der Waals surface area contributed by atoms with Crippen molar-refractivity contribution in [1.29, 1.82) is 0 Å². The lowest BCUT2D eigenvalue weighted by atomic mass is 10.1. The molecule has 84 valence electrons. The number of hydrogen-bond acceptors (Lipinski definition) is 3. The zero-order valence-corrected chi connectivity index (χ0v) is 9.21. The van der Waals surface area contributed by atoms with Crippen molar-refractivity contribution in [3.05, 3.63) is 52.6 Å². The second kappa shape index (κ2) is 3.55. The van der Waals surface area contributed by atoms with E-state index in [1.807, 2.05) is 19.1 Å². The van der Waals surface area contributed by atoms with Crippen LogP contribution in [0.3, 0.4) is 0 Å². The van der Waals surface area contributed by atoms with Crippen LogP contribution in [-0.4, -0.2) is 19.7 Å². The number of aromatic nitrogens is 4. The number of aromatic amines is 1. The molecule has 0 saturated carbocycles. The molecule has 1 aromatic carbocycles. The van der Waals surface area contributed by atoms with Crippen LogP contribution in [0.2, 0.25) is 0 Å². The minimum atomic E-state index is -0.149. The molecule has 0 unspecified atom stereocenters. The van der Waals surface area contributed by atoms with Crippen LogP contribution in [0, 0.1) is 6.92 Å². The fourth-order valence-corrected chi connectivity index (χ4v) is 1.80. The van der Waals surface area contributed by atoms with Gasteiger partial charge >= 0.3 is 0 Å². The monoisotopic (exact) mass is 226 g/mol. The van der Waals surface area contributed by atoms with Gasteiger partial charge in [0.25, 0.3) is 5.56 Å². The molecule has 0 aliphatic carbocycles. The standard InChI is InChI=1S/C12H10N4O/c1-8-4-2-5-9-10(8)14-12(15-11(9)17)16-7-3-6-13-16/h2-7H,1H3,(H,14,15,17). The summed E-state index contributed by atoms with van der Waals surface area (Å²) in [7, 11) is 0. The zero-order chi connectivity index (χ0) is 11.8. The summed E-state index contributed by atoms with van der Waals surface area (Å²) < 4.78 is 1.54. The summed E-state index contributed by atoms with van der Waals surface area (Å²) in [6, 6.07) is 7.33. The van der Waals surface area contributed by atoms with Crippen molar-refractivity contribution in [2.24, 2.45) is 0 Å². The fraction of sp³-hybridized carbons (Fsp3) is 0.0833. The topological polar surface area (TPSA) is 63.6 Å². The van der Waals surface area contributed by atoms with E-state index in [2.05, 4.69) is 15.1 Å². The Kier molecular flexibility index (Phi) is 2.04. The maximum Gasteiger partial charge on any atom is 0.260 e. The summed E-state index contributed by atoms with van der Waals surface area (Å²) in [5.74, 6) is 0.432. The number of para-hydroxylation sites is 1. The molecule has 5 nitrogen and oxygen atoms in total. The van der Waals surface area contributed by atoms with Crippen LogP contribution in [0.4, 0.5) is 0 Å². The molecule has 5 heteroatoms. The summed E-state index contributed by atoms with van der Waals surface area (Å²) in [6.07, 6.45) is 3.38. The highest BCUT2D eigenvalue weighted by Gasteiger charge is 2.06. The van der Waals surface area contributed by atoms with Gasteiger partial charge in [0.05, 0.1) is 10.9 Å². The second-order valence-corrected chi connectivity index (χ2v) is 3.81. The molecule has 0 aliphatic rings. The summed E-state index contributed by atoms with van der Waals surface area (Å²) >= 11 is 0. The van der Waals surface area contributed by atoms with Gasteiger partial charge in [-0.1, -0.05) is 12.1 Å². The molecule has 3 rings (SSSR count). The SMILES string of the molecule is Cc1cccc2c(=O)[nH]c(-n3cccn3)nc12. The predicted molar refractivity (Wildman–Crippen MR) is 64.2 cm³/mol. The number of fused-ring (bicyclic) bond motifs is 1. The quantitative estimate of drug-likeness (QED) is 0.682. The summed E-state index contributed by atoms with van der Waals surface area (Å²) in [4.78, 5) is 19.0. The average molecular weight is 226 g/mol. The summed E-state index contributed by atoms with van der Waals surface area (Å²) in [5, 5.41) is 4.65. The predicted octanol–water partition coefficient (Wildman–Crippen LogP) is 1.42. The Hall–Kier alpha value is -2.43. The van der Waals surface area contributed by atoms with Crippen molar-refractivity contribution in [1.82, 2.24) is 19.7 Å². The van der Waals surface area contributed by atoms with Gasteiger partial charge in [-0.15, -0.1) is 0 Å².